The fourth-order valence-corrected chi connectivity index (χ4v) is 4.49. The summed E-state index contributed by atoms with van der Waals surface area (Å²) in [4.78, 5) is 31.3. The summed E-state index contributed by atoms with van der Waals surface area (Å²) >= 11 is 0. The Kier molecular flexibility index (Phi) is 4.54. The average Bonchev–Trinajstić information content (AvgIpc) is 3.34. The predicted molar refractivity (Wildman–Crippen MR) is 112 cm³/mol. The second kappa shape index (κ2) is 7.24. The number of aromatic nitrogens is 4. The van der Waals surface area contributed by atoms with E-state index in [1.54, 1.807) is 6.20 Å². The van der Waals surface area contributed by atoms with Gasteiger partial charge in [0.05, 0.1) is 6.20 Å². The molecule has 0 radical (unpaired) electrons. The molecule has 5 heterocycles. The van der Waals surface area contributed by atoms with E-state index in [0.29, 0.717) is 35.9 Å². The fourth-order valence-electron chi connectivity index (χ4n) is 4.49. The lowest BCUT2D eigenvalue weighted by molar-refractivity contribution is 0.0928. The maximum absolute atomic E-state index is 12.2. The molecule has 0 spiro atoms. The molecule has 3 aromatic rings. The summed E-state index contributed by atoms with van der Waals surface area (Å²) in [6.07, 6.45) is 6.03. The van der Waals surface area contributed by atoms with E-state index in [4.69, 9.17) is 5.73 Å². The van der Waals surface area contributed by atoms with Gasteiger partial charge in [0.15, 0.2) is 0 Å². The van der Waals surface area contributed by atoms with Crippen LogP contribution in [0.3, 0.4) is 0 Å². The molecule has 0 aromatic carbocycles. The summed E-state index contributed by atoms with van der Waals surface area (Å²) in [7, 11) is 2.15. The van der Waals surface area contributed by atoms with Gasteiger partial charge in [0, 0.05) is 42.3 Å². The van der Waals surface area contributed by atoms with E-state index in [0.717, 1.165) is 43.4 Å². The van der Waals surface area contributed by atoms with E-state index >= 15 is 0 Å². The van der Waals surface area contributed by atoms with Gasteiger partial charge in [-0.05, 0) is 51.0 Å². The molecule has 5 rings (SSSR count). The third-order valence-corrected chi connectivity index (χ3v) is 6.18. The Labute approximate surface area is 173 Å². The molecule has 0 atom stereocenters. The number of nitrogens with one attached hydrogen (secondary N) is 1. The van der Waals surface area contributed by atoms with Crippen molar-refractivity contribution < 1.29 is 9.59 Å². The van der Waals surface area contributed by atoms with E-state index in [1.807, 2.05) is 27.6 Å². The van der Waals surface area contributed by atoms with Crippen molar-refractivity contribution in [1.29, 1.82) is 0 Å². The van der Waals surface area contributed by atoms with Crippen molar-refractivity contribution in [3.63, 3.8) is 0 Å². The minimum absolute atomic E-state index is 0.132. The van der Waals surface area contributed by atoms with E-state index in [9.17, 15) is 9.59 Å². The number of rotatable bonds is 4. The van der Waals surface area contributed by atoms with Crippen molar-refractivity contribution in [2.45, 2.75) is 25.9 Å². The molecular formula is C21H25N7O2. The van der Waals surface area contributed by atoms with Crippen LogP contribution < -0.4 is 11.1 Å². The van der Waals surface area contributed by atoms with E-state index in [1.165, 1.54) is 0 Å². The minimum Gasteiger partial charge on any atom is -0.364 e. The van der Waals surface area contributed by atoms with Crippen LogP contribution in [-0.2, 0) is 13.1 Å². The predicted octanol–water partition coefficient (Wildman–Crippen LogP) is 1.08. The largest absolute Gasteiger partial charge is 0.364 e. The molecule has 0 saturated carbocycles. The number of carbonyl (C=O) groups is 2. The van der Waals surface area contributed by atoms with Crippen LogP contribution in [0, 0.1) is 5.92 Å². The van der Waals surface area contributed by atoms with E-state index in [2.05, 4.69) is 27.3 Å². The first-order valence-corrected chi connectivity index (χ1v) is 10.3. The van der Waals surface area contributed by atoms with Gasteiger partial charge in [-0.3, -0.25) is 14.3 Å². The molecule has 9 heteroatoms. The van der Waals surface area contributed by atoms with Gasteiger partial charge < -0.3 is 20.5 Å². The number of pyridine rings is 1. The standard InChI is InChI=1S/C21H25N7O2/c1-26-5-2-13(3-6-26)11-27-12-15(10-24-27)16-8-14-9-17-21(30)23-4-7-28(17)20(14)25-18(16)19(22)29/h8-10,12-13H,2-7,11H2,1H3,(H2,22,29)(H,23,30). The van der Waals surface area contributed by atoms with Crippen LogP contribution in [0.25, 0.3) is 22.2 Å². The van der Waals surface area contributed by atoms with Crippen molar-refractivity contribution in [3.05, 3.63) is 35.9 Å². The van der Waals surface area contributed by atoms with Crippen LogP contribution >= 0.6 is 0 Å². The highest BCUT2D eigenvalue weighted by Gasteiger charge is 2.24. The molecule has 2 aliphatic rings. The van der Waals surface area contributed by atoms with Crippen molar-refractivity contribution in [1.82, 2.24) is 29.5 Å². The number of hydrogen-bond acceptors (Lipinski definition) is 5. The zero-order valence-corrected chi connectivity index (χ0v) is 17.0. The van der Waals surface area contributed by atoms with Crippen LogP contribution in [0.2, 0.25) is 0 Å². The maximum Gasteiger partial charge on any atom is 0.268 e. The maximum atomic E-state index is 12.2. The lowest BCUT2D eigenvalue weighted by atomic mass is 9.97. The number of amides is 2. The number of primary amides is 1. The van der Waals surface area contributed by atoms with Gasteiger partial charge in [0.25, 0.3) is 11.8 Å². The monoisotopic (exact) mass is 407 g/mol. The highest BCUT2D eigenvalue weighted by atomic mass is 16.2. The van der Waals surface area contributed by atoms with Crippen molar-refractivity contribution in [2.24, 2.45) is 11.7 Å². The second-order valence-electron chi connectivity index (χ2n) is 8.30. The molecule has 2 aliphatic heterocycles. The fraction of sp³-hybridized carbons (Fsp3) is 0.429. The SMILES string of the molecule is CN1CCC(Cn2cc(-c3cc4cc5n(c4nc3C(N)=O)CCNC5=O)cn2)CC1. The van der Waals surface area contributed by atoms with Gasteiger partial charge in [-0.15, -0.1) is 0 Å². The molecule has 9 nitrogen and oxygen atoms in total. The number of nitrogens with two attached hydrogens (primary N) is 1. The average molecular weight is 407 g/mol. The molecular weight excluding hydrogens is 382 g/mol. The Morgan fingerprint density at radius 3 is 2.83 bits per heavy atom. The van der Waals surface area contributed by atoms with Crippen molar-refractivity contribution in [3.8, 4) is 11.1 Å². The Balaban J connectivity index is 1.51. The topological polar surface area (TPSA) is 111 Å². The molecule has 2 amide bonds. The van der Waals surface area contributed by atoms with Gasteiger partial charge in [-0.2, -0.15) is 5.10 Å². The third-order valence-electron chi connectivity index (χ3n) is 6.18. The summed E-state index contributed by atoms with van der Waals surface area (Å²) in [6, 6.07) is 3.70. The molecule has 0 unspecified atom stereocenters. The summed E-state index contributed by atoms with van der Waals surface area (Å²) in [5, 5.41) is 8.16. The molecule has 1 fully saturated rings. The number of fused-ring (bicyclic) bond motifs is 3. The molecule has 156 valence electrons. The first kappa shape index (κ1) is 18.8. The second-order valence-corrected chi connectivity index (χ2v) is 8.30. The highest BCUT2D eigenvalue weighted by molar-refractivity contribution is 6.03. The number of carbonyl (C=O) groups excluding carboxylic acids is 2. The minimum atomic E-state index is -0.592. The zero-order valence-electron chi connectivity index (χ0n) is 17.0. The summed E-state index contributed by atoms with van der Waals surface area (Å²) < 4.78 is 3.78. The van der Waals surface area contributed by atoms with Crippen LogP contribution in [0.4, 0.5) is 0 Å². The smallest absolute Gasteiger partial charge is 0.268 e. The molecule has 1 saturated heterocycles. The van der Waals surface area contributed by atoms with Crippen molar-refractivity contribution >= 4 is 22.8 Å². The van der Waals surface area contributed by atoms with Gasteiger partial charge in [-0.25, -0.2) is 4.98 Å². The van der Waals surface area contributed by atoms with Gasteiger partial charge in [0.2, 0.25) is 0 Å². The summed E-state index contributed by atoms with van der Waals surface area (Å²) in [5.41, 5.74) is 8.47. The Morgan fingerprint density at radius 1 is 1.27 bits per heavy atom. The van der Waals surface area contributed by atoms with Crippen molar-refractivity contribution in [2.75, 3.05) is 26.7 Å². The van der Waals surface area contributed by atoms with Gasteiger partial charge in [-0.1, -0.05) is 0 Å². The molecule has 3 N–H and O–H groups in total. The van der Waals surface area contributed by atoms with Crippen LogP contribution in [-0.4, -0.2) is 62.7 Å². The van der Waals surface area contributed by atoms with Crippen LogP contribution in [0.1, 0.15) is 33.8 Å². The third kappa shape index (κ3) is 3.24. The normalized spacial score (nSPS) is 17.8. The number of hydrogen-bond donors (Lipinski definition) is 2. The highest BCUT2D eigenvalue weighted by Crippen LogP contribution is 2.29. The Hall–Kier alpha value is -3.20. The zero-order chi connectivity index (χ0) is 20.8. The lowest BCUT2D eigenvalue weighted by Crippen LogP contribution is -2.35. The lowest BCUT2D eigenvalue weighted by Gasteiger charge is -2.28. The van der Waals surface area contributed by atoms with E-state index < -0.39 is 5.91 Å². The first-order chi connectivity index (χ1) is 14.5. The van der Waals surface area contributed by atoms with Gasteiger partial charge in [0.1, 0.15) is 17.0 Å². The molecule has 3 aromatic heterocycles. The Morgan fingerprint density at radius 2 is 2.07 bits per heavy atom. The number of nitrogens with zero attached hydrogens (tertiary/aromatic N) is 5. The first-order valence-electron chi connectivity index (χ1n) is 10.3. The van der Waals surface area contributed by atoms with Gasteiger partial charge >= 0.3 is 0 Å². The number of piperidine rings is 1. The quantitative estimate of drug-likeness (QED) is 0.672. The van der Waals surface area contributed by atoms with E-state index in [-0.39, 0.29) is 11.6 Å². The van der Waals surface area contributed by atoms with Crippen LogP contribution in [0.15, 0.2) is 24.5 Å². The van der Waals surface area contributed by atoms with Crippen LogP contribution in [0.5, 0.6) is 0 Å². The number of likely N-dealkylation sites (tertiary alicyclic amines) is 1. The molecule has 0 aliphatic carbocycles. The summed E-state index contributed by atoms with van der Waals surface area (Å²) in [6.45, 7) is 4.23. The Bertz CT molecular complexity index is 1140. The molecule has 0 bridgehead atoms. The molecule has 30 heavy (non-hydrogen) atoms. The summed E-state index contributed by atoms with van der Waals surface area (Å²) in [5.74, 6) is -0.125.